The van der Waals surface area contributed by atoms with Gasteiger partial charge in [-0.1, -0.05) is 38.1 Å². The highest BCUT2D eigenvalue weighted by atomic mass is 16.5. The zero-order valence-corrected chi connectivity index (χ0v) is 12.8. The molecule has 0 aliphatic carbocycles. The molecule has 2 rings (SSSR count). The minimum absolute atomic E-state index is 0.182. The van der Waals surface area contributed by atoms with Gasteiger partial charge in [-0.2, -0.15) is 0 Å². The van der Waals surface area contributed by atoms with Gasteiger partial charge in [0.1, 0.15) is 12.4 Å². The maximum absolute atomic E-state index is 12.0. The lowest BCUT2D eigenvalue weighted by Gasteiger charge is -2.12. The molecule has 2 aromatic rings. The fourth-order valence-corrected chi connectivity index (χ4v) is 2.21. The molecule has 0 amide bonds. The largest absolute Gasteiger partial charge is 0.466 e. The maximum atomic E-state index is 12.0. The molecular weight excluding hydrogens is 264 g/mol. The lowest BCUT2D eigenvalue weighted by molar-refractivity contribution is -0.146. The number of ether oxygens (including phenoxy) is 1. The van der Waals surface area contributed by atoms with Crippen molar-refractivity contribution in [1.82, 2.24) is 0 Å². The molecular formula is C18H22O3. The Hall–Kier alpha value is -2.03. The van der Waals surface area contributed by atoms with Gasteiger partial charge in [-0.25, -0.2) is 0 Å². The number of hydrogen-bond donors (Lipinski definition) is 0. The summed E-state index contributed by atoms with van der Waals surface area (Å²) in [5.74, 6) is 0.783. The van der Waals surface area contributed by atoms with Crippen molar-refractivity contribution in [2.24, 2.45) is 5.92 Å². The van der Waals surface area contributed by atoms with Crippen LogP contribution in [0.4, 0.5) is 0 Å². The van der Waals surface area contributed by atoms with Crippen LogP contribution in [0.1, 0.15) is 43.6 Å². The summed E-state index contributed by atoms with van der Waals surface area (Å²) < 4.78 is 10.4. The fraction of sp³-hybridized carbons (Fsp3) is 0.389. The Morgan fingerprint density at radius 1 is 1.14 bits per heavy atom. The van der Waals surface area contributed by atoms with Crippen LogP contribution < -0.4 is 0 Å². The average molecular weight is 286 g/mol. The molecule has 0 saturated carbocycles. The molecule has 0 bridgehead atoms. The van der Waals surface area contributed by atoms with E-state index in [9.17, 15) is 4.79 Å². The summed E-state index contributed by atoms with van der Waals surface area (Å²) in [6.45, 7) is 6.44. The smallest absolute Gasteiger partial charge is 0.313 e. The molecule has 1 aromatic heterocycles. The Balaban J connectivity index is 1.92. The van der Waals surface area contributed by atoms with E-state index in [-0.39, 0.29) is 18.5 Å². The van der Waals surface area contributed by atoms with E-state index in [1.165, 1.54) is 5.56 Å². The van der Waals surface area contributed by atoms with Crippen molar-refractivity contribution in [3.05, 3.63) is 59.5 Å². The van der Waals surface area contributed by atoms with E-state index < -0.39 is 0 Å². The van der Waals surface area contributed by atoms with E-state index in [0.29, 0.717) is 11.7 Å². The van der Waals surface area contributed by atoms with Gasteiger partial charge in [-0.15, -0.1) is 0 Å². The average Bonchev–Trinajstić information content (AvgIpc) is 2.97. The minimum atomic E-state index is -0.270. The number of benzene rings is 1. The first-order valence-electron chi connectivity index (χ1n) is 7.34. The highest BCUT2D eigenvalue weighted by Gasteiger charge is 2.17. The van der Waals surface area contributed by atoms with Crippen LogP contribution >= 0.6 is 0 Å². The summed E-state index contributed by atoms with van der Waals surface area (Å²) in [6, 6.07) is 11.8. The number of hydrogen-bond acceptors (Lipinski definition) is 3. The molecule has 0 aliphatic rings. The summed E-state index contributed by atoms with van der Waals surface area (Å²) in [5, 5.41) is 0. The van der Waals surface area contributed by atoms with Crippen molar-refractivity contribution in [2.45, 2.75) is 39.7 Å². The van der Waals surface area contributed by atoms with Gasteiger partial charge in [0.2, 0.25) is 0 Å². The van der Waals surface area contributed by atoms with Crippen molar-refractivity contribution in [2.75, 3.05) is 0 Å². The SMILES string of the molecule is CC(C)Cc1ccc(C(C)C(=O)OCc2ccco2)cc1. The molecule has 0 radical (unpaired) electrons. The molecule has 1 aromatic carbocycles. The normalized spacial score (nSPS) is 12.4. The first kappa shape index (κ1) is 15.4. The molecule has 1 heterocycles. The van der Waals surface area contributed by atoms with Gasteiger partial charge in [0, 0.05) is 0 Å². The summed E-state index contributed by atoms with van der Waals surface area (Å²) >= 11 is 0. The van der Waals surface area contributed by atoms with Crippen molar-refractivity contribution in [1.29, 1.82) is 0 Å². The molecule has 21 heavy (non-hydrogen) atoms. The highest BCUT2D eigenvalue weighted by molar-refractivity contribution is 5.77. The second-order valence-corrected chi connectivity index (χ2v) is 5.75. The van der Waals surface area contributed by atoms with Gasteiger partial charge in [0.15, 0.2) is 0 Å². The quantitative estimate of drug-likeness (QED) is 0.742. The van der Waals surface area contributed by atoms with Gasteiger partial charge in [-0.05, 0) is 42.5 Å². The third-order valence-electron chi connectivity index (χ3n) is 3.41. The monoisotopic (exact) mass is 286 g/mol. The Kier molecular flexibility index (Phi) is 5.20. The molecule has 0 fully saturated rings. The van der Waals surface area contributed by atoms with E-state index in [4.69, 9.17) is 9.15 Å². The molecule has 0 N–H and O–H groups in total. The molecule has 1 unspecified atom stereocenters. The summed E-state index contributed by atoms with van der Waals surface area (Å²) in [4.78, 5) is 12.0. The number of furan rings is 1. The zero-order chi connectivity index (χ0) is 15.2. The molecule has 112 valence electrons. The van der Waals surface area contributed by atoms with E-state index >= 15 is 0 Å². The van der Waals surface area contributed by atoms with Crippen molar-refractivity contribution >= 4 is 5.97 Å². The number of carbonyl (C=O) groups is 1. The molecule has 3 nitrogen and oxygen atoms in total. The van der Waals surface area contributed by atoms with E-state index in [2.05, 4.69) is 26.0 Å². The first-order chi connectivity index (χ1) is 10.1. The number of rotatable bonds is 6. The van der Waals surface area contributed by atoms with Crippen LogP contribution in [-0.2, 0) is 22.6 Å². The number of carbonyl (C=O) groups excluding carboxylic acids is 1. The third-order valence-corrected chi connectivity index (χ3v) is 3.41. The fourth-order valence-electron chi connectivity index (χ4n) is 2.21. The van der Waals surface area contributed by atoms with E-state index in [1.807, 2.05) is 19.1 Å². The van der Waals surface area contributed by atoms with Gasteiger partial charge in [0.25, 0.3) is 0 Å². The van der Waals surface area contributed by atoms with Crippen LogP contribution in [0.2, 0.25) is 0 Å². The Morgan fingerprint density at radius 2 is 1.86 bits per heavy atom. The van der Waals surface area contributed by atoms with Crippen LogP contribution in [0.25, 0.3) is 0 Å². The standard InChI is InChI=1S/C18H22O3/c1-13(2)11-15-6-8-16(9-7-15)14(3)18(19)21-12-17-5-4-10-20-17/h4-10,13-14H,11-12H2,1-3H3. The van der Waals surface area contributed by atoms with Gasteiger partial charge < -0.3 is 9.15 Å². The predicted octanol–water partition coefficient (Wildman–Crippen LogP) is 4.33. The van der Waals surface area contributed by atoms with E-state index in [1.54, 1.807) is 18.4 Å². The summed E-state index contributed by atoms with van der Waals surface area (Å²) in [5.41, 5.74) is 2.27. The second-order valence-electron chi connectivity index (χ2n) is 5.75. The minimum Gasteiger partial charge on any atom is -0.466 e. The molecule has 0 saturated heterocycles. The first-order valence-corrected chi connectivity index (χ1v) is 7.34. The predicted molar refractivity (Wildman–Crippen MR) is 81.9 cm³/mol. The Labute approximate surface area is 125 Å². The lowest BCUT2D eigenvalue weighted by Crippen LogP contribution is -2.13. The van der Waals surface area contributed by atoms with Crippen LogP contribution in [0, 0.1) is 5.92 Å². The third kappa shape index (κ3) is 4.48. The highest BCUT2D eigenvalue weighted by Crippen LogP contribution is 2.19. The maximum Gasteiger partial charge on any atom is 0.313 e. The van der Waals surface area contributed by atoms with Crippen LogP contribution in [-0.4, -0.2) is 5.97 Å². The lowest BCUT2D eigenvalue weighted by atomic mass is 9.97. The van der Waals surface area contributed by atoms with Gasteiger partial charge in [-0.3, -0.25) is 4.79 Å². The summed E-state index contributed by atoms with van der Waals surface area (Å²) in [7, 11) is 0. The topological polar surface area (TPSA) is 39.4 Å². The van der Waals surface area contributed by atoms with E-state index in [0.717, 1.165) is 12.0 Å². The van der Waals surface area contributed by atoms with Gasteiger partial charge >= 0.3 is 5.97 Å². The summed E-state index contributed by atoms with van der Waals surface area (Å²) in [6.07, 6.45) is 2.62. The number of esters is 1. The Bertz CT molecular complexity index is 553. The zero-order valence-electron chi connectivity index (χ0n) is 12.8. The van der Waals surface area contributed by atoms with Crippen LogP contribution in [0.5, 0.6) is 0 Å². The molecule has 0 aliphatic heterocycles. The van der Waals surface area contributed by atoms with Crippen LogP contribution in [0.3, 0.4) is 0 Å². The second kappa shape index (κ2) is 7.11. The molecule has 0 spiro atoms. The van der Waals surface area contributed by atoms with Crippen molar-refractivity contribution in [3.8, 4) is 0 Å². The van der Waals surface area contributed by atoms with Crippen molar-refractivity contribution < 1.29 is 13.9 Å². The van der Waals surface area contributed by atoms with Crippen LogP contribution in [0.15, 0.2) is 47.1 Å². The van der Waals surface area contributed by atoms with Gasteiger partial charge in [0.05, 0.1) is 12.2 Å². The molecule has 1 atom stereocenters. The Morgan fingerprint density at radius 3 is 2.43 bits per heavy atom. The van der Waals surface area contributed by atoms with Crippen molar-refractivity contribution in [3.63, 3.8) is 0 Å². The molecule has 3 heteroatoms.